The van der Waals surface area contributed by atoms with E-state index in [0.717, 1.165) is 5.56 Å². The number of ketones is 1. The molecule has 2 N–H and O–H groups in total. The van der Waals surface area contributed by atoms with Crippen molar-refractivity contribution in [2.45, 2.75) is 19.0 Å². The summed E-state index contributed by atoms with van der Waals surface area (Å²) in [6.45, 7) is 2.37. The van der Waals surface area contributed by atoms with E-state index in [9.17, 15) is 4.79 Å². The van der Waals surface area contributed by atoms with Crippen LogP contribution in [0, 0.1) is 0 Å². The molecule has 0 spiro atoms. The molecule has 1 aliphatic rings. The molecule has 2 rings (SSSR count). The van der Waals surface area contributed by atoms with Gasteiger partial charge in [0.15, 0.2) is 5.78 Å². The van der Waals surface area contributed by atoms with E-state index in [-0.39, 0.29) is 18.1 Å². The first-order valence-electron chi connectivity index (χ1n) is 5.53. The Morgan fingerprint density at radius 3 is 2.53 bits per heavy atom. The Balaban J connectivity index is 1.88. The second kappa shape index (κ2) is 4.63. The predicted octanol–water partition coefficient (Wildman–Crippen LogP) is 1.62. The van der Waals surface area contributed by atoms with Crippen LogP contribution in [0.15, 0.2) is 34.5 Å². The fourth-order valence-electron chi connectivity index (χ4n) is 1.45. The fraction of sp³-hybridized carbons (Fsp3) is 0.417. The van der Waals surface area contributed by atoms with Crippen molar-refractivity contribution >= 4 is 5.78 Å². The van der Waals surface area contributed by atoms with Crippen LogP contribution >= 0.6 is 0 Å². The number of Topliss-reactive ketones (excluding diaryl/α,β-unsaturated/α-hetero) is 1. The van der Waals surface area contributed by atoms with Crippen molar-refractivity contribution in [2.75, 3.05) is 13.2 Å². The molecule has 0 amide bonds. The zero-order valence-electron chi connectivity index (χ0n) is 9.72. The highest BCUT2D eigenvalue weighted by Crippen LogP contribution is 2.38. The van der Waals surface area contributed by atoms with Gasteiger partial charge in [-0.3, -0.25) is 4.79 Å². The van der Waals surface area contributed by atoms with Gasteiger partial charge in [0, 0.05) is 12.0 Å². The van der Waals surface area contributed by atoms with Crippen LogP contribution < -0.4 is 10.5 Å². The molecule has 0 radical (unpaired) electrons. The molecule has 0 unspecified atom stereocenters. The summed E-state index contributed by atoms with van der Waals surface area (Å²) in [5, 5.41) is 7.90. The summed E-state index contributed by atoms with van der Waals surface area (Å²) < 4.78 is 5.34. The van der Waals surface area contributed by atoms with E-state index in [1.54, 1.807) is 0 Å². The van der Waals surface area contributed by atoms with E-state index >= 15 is 0 Å². The number of carbonyl (C=O) groups is 1. The molecule has 90 valence electrons. The van der Waals surface area contributed by atoms with Crippen molar-refractivity contribution < 1.29 is 9.53 Å². The van der Waals surface area contributed by atoms with Crippen molar-refractivity contribution in [3.05, 3.63) is 29.8 Å². The lowest BCUT2D eigenvalue weighted by Crippen LogP contribution is -2.15. The van der Waals surface area contributed by atoms with Gasteiger partial charge < -0.3 is 10.5 Å². The highest BCUT2D eigenvalue weighted by atomic mass is 16.5. The third-order valence-corrected chi connectivity index (χ3v) is 2.62. The largest absolute Gasteiger partial charge is 0.486 e. The zero-order valence-corrected chi connectivity index (χ0v) is 9.72. The Hall–Kier alpha value is -1.75. The predicted molar refractivity (Wildman–Crippen MR) is 62.8 cm³/mol. The average Bonchev–Trinajstić information content (AvgIpc) is 3.07. The van der Waals surface area contributed by atoms with Crippen molar-refractivity contribution in [1.82, 2.24) is 0 Å². The standard InChI is InChI=1S/C12H15N3O2/c1-12(14-15-12)9-2-4-11(5-3-9)17-8-10(16)6-7-13/h2-5H,6-8,13H2,1H3. The van der Waals surface area contributed by atoms with Crippen molar-refractivity contribution in [2.24, 2.45) is 16.0 Å². The van der Waals surface area contributed by atoms with Crippen LogP contribution in [0.25, 0.3) is 0 Å². The monoisotopic (exact) mass is 233 g/mol. The second-order valence-electron chi connectivity index (χ2n) is 4.11. The van der Waals surface area contributed by atoms with Crippen LogP contribution in [0.3, 0.4) is 0 Å². The maximum Gasteiger partial charge on any atom is 0.213 e. The first kappa shape index (κ1) is 11.7. The summed E-state index contributed by atoms with van der Waals surface area (Å²) in [6, 6.07) is 7.45. The molecule has 0 bridgehead atoms. The third-order valence-electron chi connectivity index (χ3n) is 2.62. The number of ether oxygens (including phenoxy) is 1. The van der Waals surface area contributed by atoms with Crippen LogP contribution in [-0.4, -0.2) is 18.9 Å². The van der Waals surface area contributed by atoms with Crippen LogP contribution in [0.4, 0.5) is 0 Å². The fourth-order valence-corrected chi connectivity index (χ4v) is 1.45. The van der Waals surface area contributed by atoms with Crippen LogP contribution in [0.2, 0.25) is 0 Å². The molecule has 0 atom stereocenters. The van der Waals surface area contributed by atoms with Crippen molar-refractivity contribution in [3.8, 4) is 5.75 Å². The van der Waals surface area contributed by atoms with Gasteiger partial charge in [0.05, 0.1) is 0 Å². The molecular weight excluding hydrogens is 218 g/mol. The van der Waals surface area contributed by atoms with Gasteiger partial charge >= 0.3 is 0 Å². The molecule has 1 aromatic carbocycles. The number of hydrogen-bond acceptors (Lipinski definition) is 5. The van der Waals surface area contributed by atoms with E-state index in [4.69, 9.17) is 10.5 Å². The smallest absolute Gasteiger partial charge is 0.213 e. The van der Waals surface area contributed by atoms with Gasteiger partial charge in [-0.15, -0.1) is 0 Å². The van der Waals surface area contributed by atoms with Gasteiger partial charge in [-0.05, 0) is 25.6 Å². The third kappa shape index (κ3) is 2.88. The number of nitrogens with two attached hydrogens (primary N) is 1. The number of rotatable bonds is 6. The number of benzene rings is 1. The molecule has 17 heavy (non-hydrogen) atoms. The molecule has 0 aromatic heterocycles. The van der Waals surface area contributed by atoms with Gasteiger partial charge in [-0.2, -0.15) is 10.2 Å². The summed E-state index contributed by atoms with van der Waals surface area (Å²) in [4.78, 5) is 11.2. The highest BCUT2D eigenvalue weighted by Gasteiger charge is 2.35. The first-order valence-corrected chi connectivity index (χ1v) is 5.53. The topological polar surface area (TPSA) is 77.0 Å². The summed E-state index contributed by atoms with van der Waals surface area (Å²) in [6.07, 6.45) is 0.355. The first-order chi connectivity index (χ1) is 8.14. The lowest BCUT2D eigenvalue weighted by atomic mass is 10.1. The Bertz CT molecular complexity index is 434. The van der Waals surface area contributed by atoms with E-state index < -0.39 is 0 Å². The molecule has 1 aromatic rings. The van der Waals surface area contributed by atoms with Crippen LogP contribution in [-0.2, 0) is 10.5 Å². The Labute approximate surface area is 99.7 Å². The minimum atomic E-state index is -0.367. The minimum Gasteiger partial charge on any atom is -0.486 e. The zero-order chi connectivity index (χ0) is 12.3. The van der Waals surface area contributed by atoms with Crippen LogP contribution in [0.1, 0.15) is 18.9 Å². The summed E-state index contributed by atoms with van der Waals surface area (Å²) in [5.74, 6) is 0.680. The number of carbonyl (C=O) groups excluding carboxylic acids is 1. The summed E-state index contributed by atoms with van der Waals surface area (Å²) >= 11 is 0. The Kier molecular flexibility index (Phi) is 3.19. The molecule has 5 nitrogen and oxygen atoms in total. The molecule has 1 heterocycles. The van der Waals surface area contributed by atoms with E-state index in [2.05, 4.69) is 10.2 Å². The van der Waals surface area contributed by atoms with Crippen molar-refractivity contribution in [1.29, 1.82) is 0 Å². The van der Waals surface area contributed by atoms with Gasteiger partial charge in [-0.1, -0.05) is 12.1 Å². The van der Waals surface area contributed by atoms with Gasteiger partial charge in [0.2, 0.25) is 5.66 Å². The molecule has 0 saturated heterocycles. The van der Waals surface area contributed by atoms with Gasteiger partial charge in [0.1, 0.15) is 12.4 Å². The molecule has 0 fully saturated rings. The molecule has 0 saturated carbocycles. The quantitative estimate of drug-likeness (QED) is 0.811. The number of nitrogens with zero attached hydrogens (tertiary/aromatic N) is 2. The van der Waals surface area contributed by atoms with E-state index in [1.165, 1.54) is 0 Å². The Morgan fingerprint density at radius 2 is 2.00 bits per heavy atom. The van der Waals surface area contributed by atoms with E-state index in [0.29, 0.717) is 18.7 Å². The molecule has 5 heteroatoms. The lowest BCUT2D eigenvalue weighted by Gasteiger charge is -2.07. The maximum atomic E-state index is 11.2. The summed E-state index contributed by atoms with van der Waals surface area (Å²) in [7, 11) is 0. The average molecular weight is 233 g/mol. The maximum absolute atomic E-state index is 11.2. The van der Waals surface area contributed by atoms with Gasteiger partial charge in [0.25, 0.3) is 0 Å². The minimum absolute atomic E-state index is 0.00994. The Morgan fingerprint density at radius 1 is 1.35 bits per heavy atom. The lowest BCUT2D eigenvalue weighted by molar-refractivity contribution is -0.120. The second-order valence-corrected chi connectivity index (χ2v) is 4.11. The van der Waals surface area contributed by atoms with Crippen molar-refractivity contribution in [3.63, 3.8) is 0 Å². The molecular formula is C12H15N3O2. The normalized spacial score (nSPS) is 15.6. The molecule has 1 aliphatic heterocycles. The van der Waals surface area contributed by atoms with Gasteiger partial charge in [-0.25, -0.2) is 0 Å². The van der Waals surface area contributed by atoms with E-state index in [1.807, 2.05) is 31.2 Å². The molecule has 0 aliphatic carbocycles. The highest BCUT2D eigenvalue weighted by molar-refractivity contribution is 5.80. The summed E-state index contributed by atoms with van der Waals surface area (Å²) in [5.41, 5.74) is 5.93. The number of hydrogen-bond donors (Lipinski definition) is 1. The SMILES string of the molecule is CC1(c2ccc(OCC(=O)CCN)cc2)N=N1. The van der Waals surface area contributed by atoms with Crippen LogP contribution in [0.5, 0.6) is 5.75 Å².